The molecule has 0 aliphatic carbocycles. The quantitative estimate of drug-likeness (QED) is 0.835. The van der Waals surface area contributed by atoms with E-state index in [1.54, 1.807) is 24.3 Å². The van der Waals surface area contributed by atoms with Crippen LogP contribution in [0.25, 0.3) is 0 Å². The van der Waals surface area contributed by atoms with Gasteiger partial charge in [0.15, 0.2) is 0 Å². The van der Waals surface area contributed by atoms with Crippen LogP contribution in [-0.4, -0.2) is 38.9 Å². The maximum atomic E-state index is 12.1. The summed E-state index contributed by atoms with van der Waals surface area (Å²) in [5, 5.41) is 9.67. The van der Waals surface area contributed by atoms with Crippen molar-refractivity contribution in [3.63, 3.8) is 0 Å². The minimum atomic E-state index is -3.58. The van der Waals surface area contributed by atoms with Gasteiger partial charge in [-0.3, -0.25) is 0 Å². The lowest BCUT2D eigenvalue weighted by Crippen LogP contribution is -2.48. The molecule has 0 bridgehead atoms. The Kier molecular flexibility index (Phi) is 4.01. The number of hydrogen-bond donors (Lipinski definition) is 2. The molecule has 0 unspecified atom stereocenters. The summed E-state index contributed by atoms with van der Waals surface area (Å²) < 4.78 is 31.8. The molecular weight excluding hydrogens is 254 g/mol. The second-order valence-electron chi connectivity index (χ2n) is 4.47. The molecule has 1 fully saturated rings. The highest BCUT2D eigenvalue weighted by Gasteiger charge is 2.28. The van der Waals surface area contributed by atoms with Gasteiger partial charge in [0.1, 0.15) is 0 Å². The van der Waals surface area contributed by atoms with Crippen LogP contribution in [0.1, 0.15) is 12.0 Å². The van der Waals surface area contributed by atoms with Gasteiger partial charge in [0.2, 0.25) is 10.0 Å². The first-order valence-electron chi connectivity index (χ1n) is 5.84. The average molecular weight is 271 g/mol. The zero-order chi connectivity index (χ0) is 13.2. The number of rotatable bonds is 3. The molecule has 0 radical (unpaired) electrons. The number of sulfonamides is 1. The van der Waals surface area contributed by atoms with E-state index in [-0.39, 0.29) is 11.5 Å². The fourth-order valence-corrected chi connectivity index (χ4v) is 3.15. The summed E-state index contributed by atoms with van der Waals surface area (Å²) in [5.41, 5.74) is 1.00. The van der Waals surface area contributed by atoms with E-state index >= 15 is 0 Å². The van der Waals surface area contributed by atoms with Gasteiger partial charge in [-0.15, -0.1) is 0 Å². The molecule has 2 atom stereocenters. The third kappa shape index (κ3) is 3.08. The molecule has 6 heteroatoms. The van der Waals surface area contributed by atoms with Gasteiger partial charge in [0.05, 0.1) is 23.6 Å². The smallest absolute Gasteiger partial charge is 0.240 e. The zero-order valence-corrected chi connectivity index (χ0v) is 11.0. The molecule has 1 aliphatic heterocycles. The minimum absolute atomic E-state index is 0.168. The molecule has 0 aromatic heterocycles. The molecule has 5 nitrogen and oxygen atoms in total. The van der Waals surface area contributed by atoms with Crippen molar-refractivity contribution in [3.05, 3.63) is 29.8 Å². The van der Waals surface area contributed by atoms with Crippen LogP contribution in [0, 0.1) is 6.92 Å². The van der Waals surface area contributed by atoms with Gasteiger partial charge in [0.25, 0.3) is 0 Å². The van der Waals surface area contributed by atoms with Crippen molar-refractivity contribution >= 4 is 10.0 Å². The molecule has 1 aliphatic rings. The van der Waals surface area contributed by atoms with Gasteiger partial charge in [-0.1, -0.05) is 17.7 Å². The fraction of sp³-hybridized carbons (Fsp3) is 0.500. The Morgan fingerprint density at radius 3 is 2.61 bits per heavy atom. The molecular formula is C12H17NO4S. The van der Waals surface area contributed by atoms with Crippen LogP contribution in [0.5, 0.6) is 0 Å². The minimum Gasteiger partial charge on any atom is -0.389 e. The molecule has 0 amide bonds. The van der Waals surface area contributed by atoms with Crippen LogP contribution in [0.4, 0.5) is 0 Å². The third-order valence-electron chi connectivity index (χ3n) is 2.96. The second kappa shape index (κ2) is 5.36. The highest BCUT2D eigenvalue weighted by atomic mass is 32.2. The van der Waals surface area contributed by atoms with Crippen LogP contribution < -0.4 is 4.72 Å². The maximum absolute atomic E-state index is 12.1. The van der Waals surface area contributed by atoms with Crippen molar-refractivity contribution in [2.24, 2.45) is 0 Å². The number of benzene rings is 1. The van der Waals surface area contributed by atoms with E-state index in [0.29, 0.717) is 13.0 Å². The molecule has 0 spiro atoms. The molecule has 2 N–H and O–H groups in total. The molecule has 18 heavy (non-hydrogen) atoms. The Labute approximate surface area is 107 Å². The largest absolute Gasteiger partial charge is 0.389 e. The lowest BCUT2D eigenvalue weighted by atomic mass is 10.1. The van der Waals surface area contributed by atoms with E-state index in [1.165, 1.54) is 0 Å². The van der Waals surface area contributed by atoms with E-state index in [9.17, 15) is 13.5 Å². The Bertz CT molecular complexity index is 497. The summed E-state index contributed by atoms with van der Waals surface area (Å²) in [5.74, 6) is 0. The first kappa shape index (κ1) is 13.5. The normalized spacial score (nSPS) is 25.0. The summed E-state index contributed by atoms with van der Waals surface area (Å²) in [6.07, 6.45) is -0.314. The molecule has 1 aromatic rings. The number of aliphatic hydroxyl groups is 1. The van der Waals surface area contributed by atoms with Gasteiger partial charge in [0, 0.05) is 6.61 Å². The lowest BCUT2D eigenvalue weighted by Gasteiger charge is -2.28. The fourth-order valence-electron chi connectivity index (χ4n) is 1.85. The van der Waals surface area contributed by atoms with Gasteiger partial charge in [-0.05, 0) is 25.5 Å². The SMILES string of the molecule is Cc1ccc(S(=O)(=O)N[C@@H]2CCOC[C@H]2O)cc1. The Balaban J connectivity index is 2.13. The summed E-state index contributed by atoms with van der Waals surface area (Å²) >= 11 is 0. The molecule has 1 heterocycles. The topological polar surface area (TPSA) is 75.6 Å². The average Bonchev–Trinajstić information content (AvgIpc) is 2.32. The van der Waals surface area contributed by atoms with Gasteiger partial charge in [-0.2, -0.15) is 0 Å². The van der Waals surface area contributed by atoms with Crippen molar-refractivity contribution in [3.8, 4) is 0 Å². The Hall–Kier alpha value is -0.950. The number of nitrogens with one attached hydrogen (secondary N) is 1. The van der Waals surface area contributed by atoms with E-state index in [2.05, 4.69) is 4.72 Å². The summed E-state index contributed by atoms with van der Waals surface area (Å²) in [7, 11) is -3.58. The molecule has 0 saturated carbocycles. The van der Waals surface area contributed by atoms with Crippen LogP contribution >= 0.6 is 0 Å². The van der Waals surface area contributed by atoms with Gasteiger partial charge >= 0.3 is 0 Å². The van der Waals surface area contributed by atoms with Crippen molar-refractivity contribution in [1.82, 2.24) is 4.72 Å². The highest BCUT2D eigenvalue weighted by molar-refractivity contribution is 7.89. The summed E-state index contributed by atoms with van der Waals surface area (Å²) in [6, 6.07) is 6.13. The number of aryl methyl sites for hydroxylation is 1. The van der Waals surface area contributed by atoms with E-state index in [0.717, 1.165) is 5.56 Å². The van der Waals surface area contributed by atoms with Gasteiger partial charge < -0.3 is 9.84 Å². The molecule has 2 rings (SSSR count). The van der Waals surface area contributed by atoms with Crippen molar-refractivity contribution in [2.45, 2.75) is 30.4 Å². The van der Waals surface area contributed by atoms with Crippen LogP contribution in [0.15, 0.2) is 29.2 Å². The van der Waals surface area contributed by atoms with Crippen molar-refractivity contribution in [1.29, 1.82) is 0 Å². The van der Waals surface area contributed by atoms with Crippen LogP contribution in [0.3, 0.4) is 0 Å². The predicted octanol–water partition coefficient (Wildman–Crippen LogP) is 0.423. The number of ether oxygens (including phenoxy) is 1. The predicted molar refractivity (Wildman–Crippen MR) is 66.7 cm³/mol. The number of hydrogen-bond acceptors (Lipinski definition) is 4. The van der Waals surface area contributed by atoms with Crippen molar-refractivity contribution in [2.75, 3.05) is 13.2 Å². The third-order valence-corrected chi connectivity index (χ3v) is 4.47. The first-order chi connectivity index (χ1) is 8.49. The first-order valence-corrected chi connectivity index (χ1v) is 7.32. The standard InChI is InChI=1S/C12H17NO4S/c1-9-2-4-10(5-3-9)18(15,16)13-11-6-7-17-8-12(11)14/h2-5,11-14H,6-8H2,1H3/t11-,12-/m1/s1. The second-order valence-corrected chi connectivity index (χ2v) is 6.19. The molecule has 1 aromatic carbocycles. The monoisotopic (exact) mass is 271 g/mol. The van der Waals surface area contributed by atoms with Crippen LogP contribution in [-0.2, 0) is 14.8 Å². The maximum Gasteiger partial charge on any atom is 0.240 e. The van der Waals surface area contributed by atoms with Crippen molar-refractivity contribution < 1.29 is 18.3 Å². The Morgan fingerprint density at radius 2 is 2.00 bits per heavy atom. The Morgan fingerprint density at radius 1 is 1.33 bits per heavy atom. The lowest BCUT2D eigenvalue weighted by molar-refractivity contribution is -0.0222. The molecule has 100 valence electrons. The van der Waals surface area contributed by atoms with E-state index < -0.39 is 22.2 Å². The van der Waals surface area contributed by atoms with E-state index in [4.69, 9.17) is 4.74 Å². The number of aliphatic hydroxyl groups excluding tert-OH is 1. The summed E-state index contributed by atoms with van der Waals surface area (Å²) in [6.45, 7) is 2.52. The highest BCUT2D eigenvalue weighted by Crippen LogP contribution is 2.14. The van der Waals surface area contributed by atoms with Crippen LogP contribution in [0.2, 0.25) is 0 Å². The van der Waals surface area contributed by atoms with Gasteiger partial charge in [-0.25, -0.2) is 13.1 Å². The summed E-state index contributed by atoms with van der Waals surface area (Å²) in [4.78, 5) is 0.215. The van der Waals surface area contributed by atoms with E-state index in [1.807, 2.05) is 6.92 Å². The molecule has 1 saturated heterocycles. The zero-order valence-electron chi connectivity index (χ0n) is 10.2.